The van der Waals surface area contributed by atoms with E-state index in [4.69, 9.17) is 32.3 Å². The van der Waals surface area contributed by atoms with E-state index in [1.807, 2.05) is 0 Å². The Hall–Kier alpha value is -0.550. The number of carbonyl (C=O) groups is 5. The fourth-order valence-electron chi connectivity index (χ4n) is 11.3. The number of unbranched alkanes of at least 4 members (excludes halogenated alkanes) is 36. The average molecular weight is 1460 g/mol. The Labute approximate surface area is 643 Å². The van der Waals surface area contributed by atoms with Gasteiger partial charge in [0.15, 0.2) is 0 Å². The van der Waals surface area contributed by atoms with Gasteiger partial charge in [-0.05, 0) is 44.9 Å². The summed E-state index contributed by atoms with van der Waals surface area (Å²) in [6, 6.07) is -1.59. The van der Waals surface area contributed by atoms with Crippen LogP contribution in [0, 0.1) is 0 Å². The zero-order valence-electron chi connectivity index (χ0n) is 65.5. The zero-order chi connectivity index (χ0) is 70.7. The van der Waals surface area contributed by atoms with Crippen LogP contribution in [0.4, 0.5) is 0 Å². The first-order valence-electron chi connectivity index (χ1n) is 38.9. The number of hydrogen-bond donors (Lipinski definition) is 7. The number of phosphoric acid groups is 2. The van der Waals surface area contributed by atoms with E-state index in [1.165, 1.54) is 135 Å². The smallest absolute Gasteiger partial charge is 1.00 e. The normalized spacial score (nSPS) is 13.8. The largest absolute Gasteiger partial charge is 1.00 e. The summed E-state index contributed by atoms with van der Waals surface area (Å²) < 4.78 is 64.6. The molecule has 2 unspecified atom stereocenters. The predicted molar refractivity (Wildman–Crippen MR) is 388 cm³/mol. The molecule has 98 heavy (non-hydrogen) atoms. The van der Waals surface area contributed by atoms with E-state index in [9.17, 15) is 48.0 Å². The standard InChI is InChI=1S/C73H144N4O17P2.2Na.2H/c1-6-11-16-21-24-27-29-32-34-39-44-49-69(79)76-65(61-88-56-52-67(78)47-42-37-19-14-9-4)63-92-95(84,85)90-58-54-74-71(81)60-72(82)75-55-59-91-96(86,87)93-64-66(77-70(80)50-45-40-35-33-30-28-25-22-17-12-7-2)62-89-57-53-68(48-43-38-20-15-10-5)94-73(83)51-46-41-36-31-26-23-18-13-8-3;;;;/h65-68,78H,6-64H2,1-5H3,(H,74,81)(H,75,82)(H,76,79)(H,77,80)(H,84,85)(H,86,87);;;;/q;2*+1;2*-1/t65-,66-,67-,68-;;;;/m1..../s1. The molecule has 0 aromatic heterocycles. The summed E-state index contributed by atoms with van der Waals surface area (Å²) in [4.78, 5) is 85.5. The summed E-state index contributed by atoms with van der Waals surface area (Å²) in [5, 5.41) is 21.1. The van der Waals surface area contributed by atoms with Gasteiger partial charge in [0.1, 0.15) is 12.5 Å². The molecule has 7 N–H and O–H groups in total. The Bertz CT molecular complexity index is 1960. The molecule has 0 saturated carbocycles. The molecule has 572 valence electrons. The van der Waals surface area contributed by atoms with Gasteiger partial charge in [0.2, 0.25) is 23.6 Å². The van der Waals surface area contributed by atoms with Crippen LogP contribution < -0.4 is 80.4 Å². The molecule has 0 aliphatic carbocycles. The third kappa shape index (κ3) is 72.4. The van der Waals surface area contributed by atoms with Crippen LogP contribution in [0.3, 0.4) is 0 Å². The number of aliphatic hydroxyl groups excluding tert-OH is 1. The molecule has 0 radical (unpaired) electrons. The van der Waals surface area contributed by atoms with Crippen molar-refractivity contribution in [1.82, 2.24) is 21.3 Å². The Morgan fingerprint density at radius 3 is 1.02 bits per heavy atom. The maximum atomic E-state index is 13.2. The average Bonchev–Trinajstić information content (AvgIpc) is 1.21. The summed E-state index contributed by atoms with van der Waals surface area (Å²) in [6.45, 7) is 9.13. The van der Waals surface area contributed by atoms with Crippen molar-refractivity contribution in [2.45, 2.75) is 374 Å². The molecule has 0 heterocycles. The van der Waals surface area contributed by atoms with Crippen LogP contribution in [-0.2, 0) is 65.4 Å². The number of rotatable bonds is 75. The molecule has 0 bridgehead atoms. The minimum Gasteiger partial charge on any atom is -1.00 e. The monoisotopic (exact) mass is 1460 g/mol. The summed E-state index contributed by atoms with van der Waals surface area (Å²) in [5.41, 5.74) is 0. The van der Waals surface area contributed by atoms with Gasteiger partial charge in [-0.3, -0.25) is 42.1 Å². The predicted octanol–water partition coefficient (Wildman–Crippen LogP) is 11.2. The number of carbonyl (C=O) groups excluding carboxylic acids is 5. The van der Waals surface area contributed by atoms with Crippen molar-refractivity contribution in [3.8, 4) is 0 Å². The van der Waals surface area contributed by atoms with Gasteiger partial charge in [0.25, 0.3) is 0 Å². The van der Waals surface area contributed by atoms with Crippen molar-refractivity contribution in [3.05, 3.63) is 0 Å². The molecular weight excluding hydrogens is 1310 g/mol. The fraction of sp³-hybridized carbons (Fsp3) is 0.932. The van der Waals surface area contributed by atoms with Gasteiger partial charge in [-0.1, -0.05) is 272 Å². The van der Waals surface area contributed by atoms with E-state index >= 15 is 0 Å². The van der Waals surface area contributed by atoms with Crippen molar-refractivity contribution in [1.29, 1.82) is 0 Å². The van der Waals surface area contributed by atoms with Crippen molar-refractivity contribution < 1.29 is 142 Å². The number of ether oxygens (including phenoxy) is 3. The van der Waals surface area contributed by atoms with Gasteiger partial charge < -0.3 is 53.2 Å². The van der Waals surface area contributed by atoms with E-state index in [2.05, 4.69) is 55.9 Å². The molecule has 0 aliphatic heterocycles. The topological polar surface area (TPSA) is 293 Å². The third-order valence-corrected chi connectivity index (χ3v) is 19.1. The number of hydrogen-bond acceptors (Lipinski definition) is 15. The van der Waals surface area contributed by atoms with E-state index in [-0.39, 0.29) is 138 Å². The van der Waals surface area contributed by atoms with Crippen LogP contribution in [0.25, 0.3) is 0 Å². The van der Waals surface area contributed by atoms with E-state index in [0.29, 0.717) is 38.5 Å². The first kappa shape index (κ1) is 102. The number of phosphoric ester groups is 2. The number of esters is 1. The Morgan fingerprint density at radius 2 is 0.663 bits per heavy atom. The second-order valence-electron chi connectivity index (χ2n) is 26.6. The first-order chi connectivity index (χ1) is 46.5. The summed E-state index contributed by atoms with van der Waals surface area (Å²) in [6.07, 6.45) is 48.1. The Balaban J connectivity index is -0.00000752. The Morgan fingerprint density at radius 1 is 0.357 bits per heavy atom. The minimum absolute atomic E-state index is 0. The molecule has 21 nitrogen and oxygen atoms in total. The number of amides is 4. The van der Waals surface area contributed by atoms with Crippen LogP contribution in [0.5, 0.6) is 0 Å². The van der Waals surface area contributed by atoms with Gasteiger partial charge in [-0.25, -0.2) is 9.13 Å². The third-order valence-electron chi connectivity index (χ3n) is 17.2. The van der Waals surface area contributed by atoms with Crippen molar-refractivity contribution in [3.63, 3.8) is 0 Å². The second-order valence-corrected chi connectivity index (χ2v) is 29.6. The van der Waals surface area contributed by atoms with Gasteiger partial charge in [-0.15, -0.1) is 0 Å². The van der Waals surface area contributed by atoms with Crippen LogP contribution >= 0.6 is 15.6 Å². The van der Waals surface area contributed by atoms with Crippen LogP contribution in [0.2, 0.25) is 0 Å². The van der Waals surface area contributed by atoms with Gasteiger partial charge in [0.05, 0.1) is 64.4 Å². The quantitative estimate of drug-likeness (QED) is 0.00979. The Kier molecular flexibility index (Phi) is 77.5. The van der Waals surface area contributed by atoms with E-state index in [1.54, 1.807) is 0 Å². The molecule has 0 aliphatic rings. The van der Waals surface area contributed by atoms with Gasteiger partial charge in [0, 0.05) is 45.4 Å². The molecule has 0 fully saturated rings. The van der Waals surface area contributed by atoms with Crippen LogP contribution in [-0.4, -0.2) is 135 Å². The van der Waals surface area contributed by atoms with Gasteiger partial charge >= 0.3 is 80.7 Å². The maximum Gasteiger partial charge on any atom is 1.00 e. The molecule has 25 heteroatoms. The van der Waals surface area contributed by atoms with Gasteiger partial charge in [-0.2, -0.15) is 0 Å². The fourth-order valence-corrected chi connectivity index (χ4v) is 12.8. The summed E-state index contributed by atoms with van der Waals surface area (Å²) in [7, 11) is -9.39. The van der Waals surface area contributed by atoms with Crippen LogP contribution in [0.15, 0.2) is 0 Å². The minimum atomic E-state index is -4.71. The molecule has 6 atom stereocenters. The van der Waals surface area contributed by atoms with Crippen LogP contribution in [0.1, 0.15) is 352 Å². The molecule has 0 aromatic rings. The molecular formula is C73H146N4Na2O17P2. The maximum absolute atomic E-state index is 13.2. The molecule has 0 saturated heterocycles. The van der Waals surface area contributed by atoms with Crippen molar-refractivity contribution in [2.24, 2.45) is 0 Å². The number of nitrogens with one attached hydrogen (secondary N) is 4. The summed E-state index contributed by atoms with van der Waals surface area (Å²) in [5.74, 6) is -2.14. The molecule has 4 amide bonds. The molecule has 0 aromatic carbocycles. The van der Waals surface area contributed by atoms with E-state index < -0.39 is 78.5 Å². The SMILES string of the molecule is CCCCCCCCCCCCCC(=O)N[C@H](COCC[C@H](O)CCCCCCC)COP(=O)(O)OCCNC(=O)CC(=O)NCCOP(=O)(O)OC[C@@H](COCC[C@@H](CCCCCCC)OC(=O)CCCCCCCCCCC)NC(=O)CCCCCCCCCCCCC.[H-].[H-].[Na+].[Na+]. The number of aliphatic hydroxyl groups is 1. The summed E-state index contributed by atoms with van der Waals surface area (Å²) >= 11 is 0. The molecule has 0 spiro atoms. The zero-order valence-corrected chi connectivity index (χ0v) is 69.3. The van der Waals surface area contributed by atoms with Crippen molar-refractivity contribution in [2.75, 3.05) is 65.9 Å². The van der Waals surface area contributed by atoms with Crippen molar-refractivity contribution >= 4 is 45.2 Å². The second kappa shape index (κ2) is 74.7. The first-order valence-corrected chi connectivity index (χ1v) is 41.9. The molecule has 0 rings (SSSR count). The van der Waals surface area contributed by atoms with E-state index in [0.717, 1.165) is 122 Å².